The number of para-hydroxylation sites is 1. The van der Waals surface area contributed by atoms with Gasteiger partial charge in [-0.15, -0.1) is 0 Å². The van der Waals surface area contributed by atoms with Gasteiger partial charge in [-0.2, -0.15) is 0 Å². The van der Waals surface area contributed by atoms with E-state index in [4.69, 9.17) is 9.47 Å². The average Bonchev–Trinajstić information content (AvgIpc) is 2.67. The molecule has 2 aromatic carbocycles. The largest absolute Gasteiger partial charge is 0.494 e. The normalized spacial score (nSPS) is 19.1. The summed E-state index contributed by atoms with van der Waals surface area (Å²) in [5, 5.41) is 0. The smallest absolute Gasteiger partial charge is 0.315 e. The molecule has 1 aliphatic heterocycles. The van der Waals surface area contributed by atoms with E-state index < -0.39 is 5.92 Å². The number of rotatable bonds is 6. The van der Waals surface area contributed by atoms with E-state index in [0.717, 1.165) is 16.7 Å². The maximum Gasteiger partial charge on any atom is 0.315 e. The van der Waals surface area contributed by atoms with E-state index in [0.29, 0.717) is 18.1 Å². The third-order valence-corrected chi connectivity index (χ3v) is 4.92. The number of hydrogen-bond acceptors (Lipinski definition) is 4. The second-order valence-corrected chi connectivity index (χ2v) is 7.00. The molecule has 1 aliphatic rings. The van der Waals surface area contributed by atoms with Crippen LogP contribution in [0.5, 0.6) is 5.75 Å². The summed E-state index contributed by atoms with van der Waals surface area (Å²) in [6.07, 6.45) is 0.158. The van der Waals surface area contributed by atoms with Crippen molar-refractivity contribution >= 4 is 17.6 Å². The summed E-state index contributed by atoms with van der Waals surface area (Å²) in [6, 6.07) is 15.4. The summed E-state index contributed by atoms with van der Waals surface area (Å²) < 4.78 is 11.3. The molecule has 2 unspecified atom stereocenters. The second kappa shape index (κ2) is 8.83. The molecule has 0 fully saturated rings. The molecule has 0 spiro atoms. The minimum Gasteiger partial charge on any atom is -0.494 e. The molecule has 5 heteroatoms. The van der Waals surface area contributed by atoms with Crippen LogP contribution in [-0.4, -0.2) is 24.2 Å². The van der Waals surface area contributed by atoms with Crippen molar-refractivity contribution in [3.8, 4) is 5.75 Å². The predicted octanol–water partition coefficient (Wildman–Crippen LogP) is 4.23. The molecule has 0 radical (unpaired) electrons. The van der Waals surface area contributed by atoms with Gasteiger partial charge in [0, 0.05) is 18.1 Å². The first-order chi connectivity index (χ1) is 13.5. The third-order valence-electron chi connectivity index (χ3n) is 4.92. The van der Waals surface area contributed by atoms with Crippen molar-refractivity contribution in [1.29, 1.82) is 0 Å². The minimum atomic E-state index is -0.607. The molecule has 0 saturated carbocycles. The maximum atomic E-state index is 13.0. The molecule has 2 aromatic rings. The van der Waals surface area contributed by atoms with Gasteiger partial charge < -0.3 is 9.47 Å². The SMILES string of the molecule is CCOc1ccccc1C1CC(=O)N=C(C)C1C(=O)OCc1ccc(C)cc1. The van der Waals surface area contributed by atoms with Crippen LogP contribution in [0, 0.1) is 12.8 Å². The first-order valence-corrected chi connectivity index (χ1v) is 9.51. The van der Waals surface area contributed by atoms with E-state index in [1.807, 2.05) is 62.4 Å². The number of nitrogens with zero attached hydrogens (tertiary/aromatic N) is 1. The topological polar surface area (TPSA) is 65.0 Å². The summed E-state index contributed by atoms with van der Waals surface area (Å²) >= 11 is 0. The number of carbonyl (C=O) groups excluding carboxylic acids is 2. The van der Waals surface area contributed by atoms with E-state index in [1.54, 1.807) is 6.92 Å². The van der Waals surface area contributed by atoms with E-state index >= 15 is 0 Å². The highest BCUT2D eigenvalue weighted by atomic mass is 16.5. The molecule has 1 heterocycles. The zero-order valence-corrected chi connectivity index (χ0v) is 16.5. The van der Waals surface area contributed by atoms with E-state index in [1.165, 1.54) is 0 Å². The predicted molar refractivity (Wildman–Crippen MR) is 108 cm³/mol. The molecule has 3 rings (SSSR count). The Hall–Kier alpha value is -2.95. The van der Waals surface area contributed by atoms with Crippen LogP contribution in [-0.2, 0) is 20.9 Å². The van der Waals surface area contributed by atoms with Crippen LogP contribution in [0.15, 0.2) is 53.5 Å². The lowest BCUT2D eigenvalue weighted by Gasteiger charge is -2.29. The summed E-state index contributed by atoms with van der Waals surface area (Å²) in [5.41, 5.74) is 3.40. The molecular weight excluding hydrogens is 354 g/mol. The van der Waals surface area contributed by atoms with Gasteiger partial charge in [0.2, 0.25) is 5.91 Å². The maximum absolute atomic E-state index is 13.0. The van der Waals surface area contributed by atoms with E-state index in [9.17, 15) is 9.59 Å². The standard InChI is InChI=1S/C23H25NO4/c1-4-27-20-8-6-5-7-18(20)19-13-21(25)24-16(3)22(19)23(26)28-14-17-11-9-15(2)10-12-17/h5-12,19,22H,4,13-14H2,1-3H3. The first-order valence-electron chi connectivity index (χ1n) is 9.51. The quantitative estimate of drug-likeness (QED) is 0.705. The van der Waals surface area contributed by atoms with Gasteiger partial charge in [0.05, 0.1) is 6.61 Å². The number of ether oxygens (including phenoxy) is 2. The lowest BCUT2D eigenvalue weighted by Crippen LogP contribution is -2.35. The molecule has 0 aliphatic carbocycles. The highest BCUT2D eigenvalue weighted by molar-refractivity contribution is 6.08. The van der Waals surface area contributed by atoms with Gasteiger partial charge in [-0.05, 0) is 38.0 Å². The van der Waals surface area contributed by atoms with Crippen molar-refractivity contribution < 1.29 is 19.1 Å². The summed E-state index contributed by atoms with van der Waals surface area (Å²) in [7, 11) is 0. The lowest BCUT2D eigenvalue weighted by atomic mass is 9.78. The van der Waals surface area contributed by atoms with Gasteiger partial charge in [-0.1, -0.05) is 48.0 Å². The number of benzene rings is 2. The monoisotopic (exact) mass is 379 g/mol. The Morgan fingerprint density at radius 3 is 2.54 bits per heavy atom. The number of aryl methyl sites for hydroxylation is 1. The van der Waals surface area contributed by atoms with Gasteiger partial charge in [0.1, 0.15) is 18.3 Å². The van der Waals surface area contributed by atoms with Crippen molar-refractivity contribution in [2.24, 2.45) is 10.9 Å². The Morgan fingerprint density at radius 1 is 1.11 bits per heavy atom. The van der Waals surface area contributed by atoms with Crippen molar-refractivity contribution in [3.63, 3.8) is 0 Å². The van der Waals surface area contributed by atoms with Crippen molar-refractivity contribution in [1.82, 2.24) is 0 Å². The Labute approximate surface area is 165 Å². The summed E-state index contributed by atoms with van der Waals surface area (Å²) in [4.78, 5) is 29.1. The highest BCUT2D eigenvalue weighted by Gasteiger charge is 2.39. The van der Waals surface area contributed by atoms with E-state index in [-0.39, 0.29) is 30.8 Å². The summed E-state index contributed by atoms with van der Waals surface area (Å²) in [5.74, 6) is -0.862. The van der Waals surface area contributed by atoms with Gasteiger partial charge in [-0.25, -0.2) is 4.99 Å². The molecular formula is C23H25NO4. The number of esters is 1. The number of hydrogen-bond donors (Lipinski definition) is 0. The fourth-order valence-corrected chi connectivity index (χ4v) is 3.54. The Balaban J connectivity index is 1.85. The molecule has 0 N–H and O–H groups in total. The molecule has 0 saturated heterocycles. The number of aliphatic imine (C=N–C) groups is 1. The van der Waals surface area contributed by atoms with Crippen LogP contribution in [0.1, 0.15) is 42.9 Å². The summed E-state index contributed by atoms with van der Waals surface area (Å²) in [6.45, 7) is 6.33. The molecule has 5 nitrogen and oxygen atoms in total. The van der Waals surface area contributed by atoms with Crippen molar-refractivity contribution in [3.05, 3.63) is 65.2 Å². The van der Waals surface area contributed by atoms with Crippen LogP contribution >= 0.6 is 0 Å². The van der Waals surface area contributed by atoms with Crippen molar-refractivity contribution in [2.45, 2.75) is 39.7 Å². The Bertz CT molecular complexity index is 886. The molecule has 146 valence electrons. The van der Waals surface area contributed by atoms with Crippen LogP contribution in [0.2, 0.25) is 0 Å². The highest BCUT2D eigenvalue weighted by Crippen LogP contribution is 2.38. The van der Waals surface area contributed by atoms with Crippen LogP contribution in [0.25, 0.3) is 0 Å². The average molecular weight is 379 g/mol. The molecule has 1 amide bonds. The lowest BCUT2D eigenvalue weighted by molar-refractivity contribution is -0.148. The molecule has 28 heavy (non-hydrogen) atoms. The third kappa shape index (κ3) is 4.47. The zero-order valence-electron chi connectivity index (χ0n) is 16.5. The Morgan fingerprint density at radius 2 is 1.82 bits per heavy atom. The van der Waals surface area contributed by atoms with Gasteiger partial charge in [0.25, 0.3) is 0 Å². The van der Waals surface area contributed by atoms with Crippen LogP contribution in [0.3, 0.4) is 0 Å². The van der Waals surface area contributed by atoms with Crippen LogP contribution in [0.4, 0.5) is 0 Å². The fourth-order valence-electron chi connectivity index (χ4n) is 3.54. The van der Waals surface area contributed by atoms with Gasteiger partial charge in [0.15, 0.2) is 0 Å². The number of amides is 1. The minimum absolute atomic E-state index is 0.158. The molecule has 0 aromatic heterocycles. The van der Waals surface area contributed by atoms with Crippen LogP contribution < -0.4 is 4.74 Å². The number of carbonyl (C=O) groups is 2. The molecule has 2 atom stereocenters. The fraction of sp³-hybridized carbons (Fsp3) is 0.348. The van der Waals surface area contributed by atoms with Crippen molar-refractivity contribution in [2.75, 3.05) is 6.61 Å². The van der Waals surface area contributed by atoms with E-state index in [2.05, 4.69) is 4.99 Å². The first kappa shape index (κ1) is 19.8. The Kier molecular flexibility index (Phi) is 6.24. The molecule has 0 bridgehead atoms. The van der Waals surface area contributed by atoms with Gasteiger partial charge in [-0.3, -0.25) is 9.59 Å². The van der Waals surface area contributed by atoms with Gasteiger partial charge >= 0.3 is 5.97 Å². The zero-order chi connectivity index (χ0) is 20.1. The second-order valence-electron chi connectivity index (χ2n) is 7.00.